The van der Waals surface area contributed by atoms with E-state index in [1.807, 2.05) is 26.0 Å². The molecule has 0 bridgehead atoms. The molecule has 2 aromatic carbocycles. The monoisotopic (exact) mass is 392 g/mol. The highest BCUT2D eigenvalue weighted by atomic mass is 19.1. The maximum absolute atomic E-state index is 14.2. The minimum atomic E-state index is -0.482. The minimum Gasteiger partial charge on any atom is -0.371 e. The molecule has 0 spiro atoms. The standard InChI is InChI=1S/C23H25FN4O/c1-15-16(2)26-22-19(12-18(24)13-20(22)25-15)23(29)27(3)14-17-8-4-5-9-21(17)28-10-6-7-11-28/h4-5,8-9,12-13H,6-7,10-11,14H2,1-3H3. The molecule has 0 unspecified atom stereocenters. The van der Waals surface area contributed by atoms with Gasteiger partial charge in [0.1, 0.15) is 11.3 Å². The lowest BCUT2D eigenvalue weighted by atomic mass is 10.1. The van der Waals surface area contributed by atoms with Crippen LogP contribution in [0, 0.1) is 19.7 Å². The molecule has 2 heterocycles. The topological polar surface area (TPSA) is 49.3 Å². The molecular formula is C23H25FN4O. The smallest absolute Gasteiger partial charge is 0.256 e. The quantitative estimate of drug-likeness (QED) is 0.666. The van der Waals surface area contributed by atoms with Gasteiger partial charge in [-0.3, -0.25) is 4.79 Å². The number of carbonyl (C=O) groups excluding carboxylic acids is 1. The third-order valence-corrected chi connectivity index (χ3v) is 5.57. The van der Waals surface area contributed by atoms with E-state index in [0.717, 1.165) is 30.0 Å². The third-order valence-electron chi connectivity index (χ3n) is 5.57. The number of carbonyl (C=O) groups is 1. The summed E-state index contributed by atoms with van der Waals surface area (Å²) >= 11 is 0. The molecule has 4 rings (SSSR count). The van der Waals surface area contributed by atoms with Gasteiger partial charge in [0.25, 0.3) is 5.91 Å². The minimum absolute atomic E-state index is 0.247. The van der Waals surface area contributed by atoms with Crippen molar-refractivity contribution in [1.29, 1.82) is 0 Å². The van der Waals surface area contributed by atoms with Crippen molar-refractivity contribution in [3.63, 3.8) is 0 Å². The van der Waals surface area contributed by atoms with Gasteiger partial charge in [-0.15, -0.1) is 0 Å². The van der Waals surface area contributed by atoms with Crippen LogP contribution in [-0.2, 0) is 6.54 Å². The van der Waals surface area contributed by atoms with Crippen molar-refractivity contribution in [1.82, 2.24) is 14.9 Å². The van der Waals surface area contributed by atoms with Crippen LogP contribution >= 0.6 is 0 Å². The summed E-state index contributed by atoms with van der Waals surface area (Å²) in [5.74, 6) is -0.743. The number of hydrogen-bond donors (Lipinski definition) is 0. The van der Waals surface area contributed by atoms with E-state index < -0.39 is 5.82 Å². The second-order valence-electron chi connectivity index (χ2n) is 7.70. The number of anilines is 1. The van der Waals surface area contributed by atoms with Gasteiger partial charge in [-0.05, 0) is 44.4 Å². The Labute approximate surface area is 170 Å². The van der Waals surface area contributed by atoms with Crippen molar-refractivity contribution in [2.75, 3.05) is 25.0 Å². The Hall–Kier alpha value is -3.02. The summed E-state index contributed by atoms with van der Waals surface area (Å²) < 4.78 is 14.2. The number of amides is 1. The van der Waals surface area contributed by atoms with E-state index >= 15 is 0 Å². The van der Waals surface area contributed by atoms with Crippen LogP contribution in [0.4, 0.5) is 10.1 Å². The Balaban J connectivity index is 1.67. The Bertz CT molecular complexity index is 1080. The molecule has 150 valence electrons. The van der Waals surface area contributed by atoms with Crippen molar-refractivity contribution in [3.05, 3.63) is 64.7 Å². The molecule has 0 atom stereocenters. The molecule has 1 fully saturated rings. The highest BCUT2D eigenvalue weighted by Gasteiger charge is 2.21. The molecule has 0 saturated carbocycles. The van der Waals surface area contributed by atoms with Crippen LogP contribution in [0.3, 0.4) is 0 Å². The molecule has 1 aliphatic rings. The van der Waals surface area contributed by atoms with Crippen molar-refractivity contribution in [2.24, 2.45) is 0 Å². The van der Waals surface area contributed by atoms with Crippen LogP contribution in [0.1, 0.15) is 40.2 Å². The lowest BCUT2D eigenvalue weighted by molar-refractivity contribution is 0.0786. The van der Waals surface area contributed by atoms with Gasteiger partial charge < -0.3 is 9.80 Å². The van der Waals surface area contributed by atoms with E-state index in [1.54, 1.807) is 11.9 Å². The van der Waals surface area contributed by atoms with E-state index in [9.17, 15) is 9.18 Å². The van der Waals surface area contributed by atoms with Crippen LogP contribution in [-0.4, -0.2) is 40.9 Å². The maximum Gasteiger partial charge on any atom is 0.256 e. The van der Waals surface area contributed by atoms with Crippen LogP contribution in [0.5, 0.6) is 0 Å². The number of hydrogen-bond acceptors (Lipinski definition) is 4. The zero-order chi connectivity index (χ0) is 20.5. The second-order valence-corrected chi connectivity index (χ2v) is 7.70. The lowest BCUT2D eigenvalue weighted by Crippen LogP contribution is -2.28. The van der Waals surface area contributed by atoms with Gasteiger partial charge in [-0.1, -0.05) is 18.2 Å². The number of rotatable bonds is 4. The molecule has 1 amide bonds. The molecule has 6 heteroatoms. The molecule has 1 aromatic heterocycles. The summed E-state index contributed by atoms with van der Waals surface area (Å²) in [6.45, 7) is 6.20. The number of aryl methyl sites for hydroxylation is 2. The van der Waals surface area contributed by atoms with Gasteiger partial charge >= 0.3 is 0 Å². The van der Waals surface area contributed by atoms with Gasteiger partial charge in [0.05, 0.1) is 22.5 Å². The van der Waals surface area contributed by atoms with Crippen molar-refractivity contribution in [2.45, 2.75) is 33.2 Å². The van der Waals surface area contributed by atoms with E-state index in [-0.39, 0.29) is 11.5 Å². The fourth-order valence-electron chi connectivity index (χ4n) is 3.90. The van der Waals surface area contributed by atoms with E-state index in [1.165, 1.54) is 30.7 Å². The normalized spacial score (nSPS) is 13.9. The SMILES string of the molecule is Cc1nc2cc(F)cc(C(=O)N(C)Cc3ccccc3N3CCCC3)c2nc1C. The summed E-state index contributed by atoms with van der Waals surface area (Å²) in [6.07, 6.45) is 2.38. The zero-order valence-corrected chi connectivity index (χ0v) is 17.1. The molecule has 29 heavy (non-hydrogen) atoms. The Morgan fingerprint density at radius 3 is 2.55 bits per heavy atom. The van der Waals surface area contributed by atoms with Crippen molar-refractivity contribution in [3.8, 4) is 0 Å². The summed E-state index contributed by atoms with van der Waals surface area (Å²) in [7, 11) is 1.74. The molecule has 0 N–H and O–H groups in total. The average molecular weight is 392 g/mol. The first-order valence-electron chi connectivity index (χ1n) is 9.97. The first-order chi connectivity index (χ1) is 13.9. The largest absolute Gasteiger partial charge is 0.371 e. The van der Waals surface area contributed by atoms with Crippen molar-refractivity contribution < 1.29 is 9.18 Å². The summed E-state index contributed by atoms with van der Waals surface area (Å²) in [6, 6.07) is 10.8. The Kier molecular flexibility index (Phi) is 5.18. The summed E-state index contributed by atoms with van der Waals surface area (Å²) in [5.41, 5.74) is 4.82. The predicted molar refractivity (Wildman–Crippen MR) is 113 cm³/mol. The molecule has 5 nitrogen and oxygen atoms in total. The fraction of sp³-hybridized carbons (Fsp3) is 0.348. The van der Waals surface area contributed by atoms with Crippen molar-refractivity contribution >= 4 is 22.6 Å². The zero-order valence-electron chi connectivity index (χ0n) is 17.1. The maximum atomic E-state index is 14.2. The molecule has 1 saturated heterocycles. The average Bonchev–Trinajstić information content (AvgIpc) is 3.23. The molecule has 3 aromatic rings. The van der Waals surface area contributed by atoms with Gasteiger partial charge in [0.15, 0.2) is 0 Å². The van der Waals surface area contributed by atoms with Gasteiger partial charge in [-0.2, -0.15) is 0 Å². The van der Waals surface area contributed by atoms with Crippen LogP contribution < -0.4 is 4.90 Å². The second kappa shape index (κ2) is 7.78. The lowest BCUT2D eigenvalue weighted by Gasteiger charge is -2.24. The van der Waals surface area contributed by atoms with Gasteiger partial charge in [0, 0.05) is 38.4 Å². The van der Waals surface area contributed by atoms with Crippen LogP contribution in [0.2, 0.25) is 0 Å². The molecular weight excluding hydrogens is 367 g/mol. The number of aromatic nitrogens is 2. The molecule has 0 radical (unpaired) electrons. The van der Waals surface area contributed by atoms with E-state index in [2.05, 4.69) is 27.0 Å². The molecule has 0 aliphatic carbocycles. The number of benzene rings is 2. The summed E-state index contributed by atoms with van der Waals surface area (Å²) in [5, 5.41) is 0. The van der Waals surface area contributed by atoms with E-state index in [4.69, 9.17) is 0 Å². The Morgan fingerprint density at radius 1 is 1.10 bits per heavy atom. The van der Waals surface area contributed by atoms with Gasteiger partial charge in [-0.25, -0.2) is 14.4 Å². The first-order valence-corrected chi connectivity index (χ1v) is 9.97. The van der Waals surface area contributed by atoms with Crippen LogP contribution in [0.25, 0.3) is 11.0 Å². The molecule has 1 aliphatic heterocycles. The van der Waals surface area contributed by atoms with Gasteiger partial charge in [0.2, 0.25) is 0 Å². The number of para-hydroxylation sites is 1. The predicted octanol–water partition coefficient (Wildman–Crippen LogP) is 4.26. The highest BCUT2D eigenvalue weighted by Crippen LogP contribution is 2.26. The van der Waals surface area contributed by atoms with E-state index in [0.29, 0.717) is 17.6 Å². The number of halogens is 1. The fourth-order valence-corrected chi connectivity index (χ4v) is 3.90. The summed E-state index contributed by atoms with van der Waals surface area (Å²) in [4.78, 5) is 26.1. The Morgan fingerprint density at radius 2 is 1.79 bits per heavy atom. The number of nitrogens with zero attached hydrogens (tertiary/aromatic N) is 4. The first kappa shape index (κ1) is 19.3. The third kappa shape index (κ3) is 3.79. The number of fused-ring (bicyclic) bond motifs is 1. The highest BCUT2D eigenvalue weighted by molar-refractivity contribution is 6.04. The van der Waals surface area contributed by atoms with Crippen LogP contribution in [0.15, 0.2) is 36.4 Å².